The number of halogens is 3. The summed E-state index contributed by atoms with van der Waals surface area (Å²) in [6, 6.07) is 13.0. The molecule has 2 aromatic rings. The molecule has 0 heterocycles. The molecule has 1 nitrogen and oxygen atoms in total. The van der Waals surface area contributed by atoms with Gasteiger partial charge in [-0.25, -0.2) is 4.39 Å². The van der Waals surface area contributed by atoms with Crippen molar-refractivity contribution in [3.05, 3.63) is 62.4 Å². The molecule has 0 radical (unpaired) electrons. The number of rotatable bonds is 3. The highest BCUT2D eigenvalue weighted by molar-refractivity contribution is 14.1. The van der Waals surface area contributed by atoms with E-state index in [-0.39, 0.29) is 16.9 Å². The van der Waals surface area contributed by atoms with E-state index < -0.39 is 0 Å². The zero-order valence-electron chi connectivity index (χ0n) is 9.75. The second kappa shape index (κ2) is 5.89. The molecule has 0 amide bonds. The Morgan fingerprint density at radius 3 is 2.67 bits per heavy atom. The maximum Gasteiger partial charge on any atom is 0.141 e. The summed E-state index contributed by atoms with van der Waals surface area (Å²) in [6.07, 6.45) is 0. The molecular weight excluding hydrogens is 364 g/mol. The van der Waals surface area contributed by atoms with Gasteiger partial charge in [-0.2, -0.15) is 0 Å². The quantitative estimate of drug-likeness (QED) is 0.722. The Morgan fingerprint density at radius 1 is 1.22 bits per heavy atom. The fourth-order valence-electron chi connectivity index (χ4n) is 1.69. The molecule has 0 saturated carbocycles. The molecule has 0 bridgehead atoms. The summed E-state index contributed by atoms with van der Waals surface area (Å²) < 4.78 is 14.3. The maximum atomic E-state index is 13.1. The van der Waals surface area contributed by atoms with E-state index in [4.69, 9.17) is 11.6 Å². The van der Waals surface area contributed by atoms with Crippen LogP contribution in [0.4, 0.5) is 10.1 Å². The van der Waals surface area contributed by atoms with E-state index in [1.165, 1.54) is 9.64 Å². The monoisotopic (exact) mass is 375 g/mol. The molecule has 1 atom stereocenters. The Balaban J connectivity index is 2.16. The van der Waals surface area contributed by atoms with Crippen LogP contribution >= 0.6 is 34.2 Å². The van der Waals surface area contributed by atoms with Crippen LogP contribution in [0.1, 0.15) is 18.5 Å². The fraction of sp³-hybridized carbons (Fsp3) is 0.143. The van der Waals surface area contributed by atoms with Gasteiger partial charge in [0.05, 0.1) is 5.02 Å². The van der Waals surface area contributed by atoms with Crippen molar-refractivity contribution in [2.24, 2.45) is 0 Å². The maximum absolute atomic E-state index is 13.1. The minimum Gasteiger partial charge on any atom is -0.378 e. The minimum absolute atomic E-state index is 0.0706. The van der Waals surface area contributed by atoms with Crippen molar-refractivity contribution >= 4 is 39.9 Å². The van der Waals surface area contributed by atoms with Crippen molar-refractivity contribution in [3.63, 3.8) is 0 Å². The minimum atomic E-state index is -0.387. The van der Waals surface area contributed by atoms with Gasteiger partial charge in [0.1, 0.15) is 5.82 Å². The predicted octanol–water partition coefficient (Wildman–Crippen LogP) is 5.26. The molecular formula is C14H12ClFIN. The summed E-state index contributed by atoms with van der Waals surface area (Å²) >= 11 is 8.05. The lowest BCUT2D eigenvalue weighted by Crippen LogP contribution is -2.06. The van der Waals surface area contributed by atoms with Crippen LogP contribution < -0.4 is 5.32 Å². The summed E-state index contributed by atoms with van der Waals surface area (Å²) in [5.74, 6) is -0.387. The van der Waals surface area contributed by atoms with Gasteiger partial charge < -0.3 is 5.32 Å². The highest BCUT2D eigenvalue weighted by atomic mass is 127. The first-order valence-corrected chi connectivity index (χ1v) is 6.99. The standard InChI is InChI=1S/C14H12ClFIN/c1-9(10-5-6-14(16)13(15)7-10)18-12-4-2-3-11(17)8-12/h2-9,18H,1H3. The van der Waals surface area contributed by atoms with Crippen LogP contribution in [-0.4, -0.2) is 0 Å². The first kappa shape index (κ1) is 13.6. The average molecular weight is 376 g/mol. The van der Waals surface area contributed by atoms with Crippen LogP contribution in [0, 0.1) is 9.39 Å². The van der Waals surface area contributed by atoms with E-state index in [0.717, 1.165) is 11.3 Å². The molecule has 2 aromatic carbocycles. The smallest absolute Gasteiger partial charge is 0.141 e. The Bertz CT molecular complexity index is 559. The molecule has 0 saturated heterocycles. The molecule has 0 aliphatic heterocycles. The van der Waals surface area contributed by atoms with Crippen LogP contribution in [0.2, 0.25) is 5.02 Å². The van der Waals surface area contributed by atoms with Crippen LogP contribution in [0.15, 0.2) is 42.5 Å². The molecule has 0 aliphatic carbocycles. The lowest BCUT2D eigenvalue weighted by atomic mass is 10.1. The lowest BCUT2D eigenvalue weighted by Gasteiger charge is -2.16. The lowest BCUT2D eigenvalue weighted by molar-refractivity contribution is 0.627. The summed E-state index contributed by atoms with van der Waals surface area (Å²) in [5.41, 5.74) is 2.00. The van der Waals surface area contributed by atoms with Crippen molar-refractivity contribution < 1.29 is 4.39 Å². The van der Waals surface area contributed by atoms with Gasteiger partial charge in [-0.05, 0) is 65.4 Å². The van der Waals surface area contributed by atoms with Gasteiger partial charge in [0.15, 0.2) is 0 Å². The molecule has 4 heteroatoms. The molecule has 0 fully saturated rings. The zero-order valence-corrected chi connectivity index (χ0v) is 12.7. The average Bonchev–Trinajstić information content (AvgIpc) is 2.32. The molecule has 94 valence electrons. The van der Waals surface area contributed by atoms with Gasteiger partial charge >= 0.3 is 0 Å². The number of hydrogen-bond acceptors (Lipinski definition) is 1. The van der Waals surface area contributed by atoms with Gasteiger partial charge in [0, 0.05) is 15.3 Å². The number of anilines is 1. The molecule has 0 aliphatic rings. The Labute approximate surface area is 124 Å². The second-order valence-corrected chi connectivity index (χ2v) is 5.70. The van der Waals surface area contributed by atoms with Gasteiger partial charge in [-0.15, -0.1) is 0 Å². The van der Waals surface area contributed by atoms with Crippen LogP contribution in [0.25, 0.3) is 0 Å². The van der Waals surface area contributed by atoms with E-state index in [9.17, 15) is 4.39 Å². The first-order valence-electron chi connectivity index (χ1n) is 5.53. The summed E-state index contributed by atoms with van der Waals surface area (Å²) in [7, 11) is 0. The van der Waals surface area contributed by atoms with E-state index in [1.807, 2.05) is 25.1 Å². The number of hydrogen-bond donors (Lipinski definition) is 1. The van der Waals surface area contributed by atoms with Crippen LogP contribution in [0.5, 0.6) is 0 Å². The Kier molecular flexibility index (Phi) is 4.45. The molecule has 0 aromatic heterocycles. The van der Waals surface area contributed by atoms with Crippen LogP contribution in [0.3, 0.4) is 0 Å². The largest absolute Gasteiger partial charge is 0.378 e. The third-order valence-electron chi connectivity index (χ3n) is 2.65. The Morgan fingerprint density at radius 2 is 2.00 bits per heavy atom. The van der Waals surface area contributed by atoms with E-state index >= 15 is 0 Å². The summed E-state index contributed by atoms with van der Waals surface area (Å²) in [5, 5.41) is 3.52. The van der Waals surface area contributed by atoms with Crippen LogP contribution in [-0.2, 0) is 0 Å². The fourth-order valence-corrected chi connectivity index (χ4v) is 2.43. The molecule has 2 rings (SSSR count). The third kappa shape index (κ3) is 3.36. The van der Waals surface area contributed by atoms with E-state index in [1.54, 1.807) is 12.1 Å². The summed E-state index contributed by atoms with van der Waals surface area (Å²) in [6.45, 7) is 2.02. The van der Waals surface area contributed by atoms with E-state index in [2.05, 4.69) is 34.0 Å². The summed E-state index contributed by atoms with van der Waals surface area (Å²) in [4.78, 5) is 0. The van der Waals surface area contributed by atoms with Crippen molar-refractivity contribution in [2.75, 3.05) is 5.32 Å². The van der Waals surface area contributed by atoms with Gasteiger partial charge in [0.2, 0.25) is 0 Å². The number of benzene rings is 2. The van der Waals surface area contributed by atoms with Crippen molar-refractivity contribution in [3.8, 4) is 0 Å². The third-order valence-corrected chi connectivity index (χ3v) is 3.61. The molecule has 1 N–H and O–H groups in total. The first-order chi connectivity index (χ1) is 8.56. The van der Waals surface area contributed by atoms with Crippen molar-refractivity contribution in [1.82, 2.24) is 0 Å². The van der Waals surface area contributed by atoms with Crippen molar-refractivity contribution in [2.45, 2.75) is 13.0 Å². The van der Waals surface area contributed by atoms with Gasteiger partial charge in [-0.1, -0.05) is 23.7 Å². The predicted molar refractivity (Wildman–Crippen MR) is 82.6 cm³/mol. The second-order valence-electron chi connectivity index (χ2n) is 4.05. The molecule has 1 unspecified atom stereocenters. The number of nitrogens with one attached hydrogen (secondary N) is 1. The van der Waals surface area contributed by atoms with E-state index in [0.29, 0.717) is 0 Å². The van der Waals surface area contributed by atoms with Gasteiger partial charge in [0.25, 0.3) is 0 Å². The van der Waals surface area contributed by atoms with Gasteiger partial charge in [-0.3, -0.25) is 0 Å². The SMILES string of the molecule is CC(Nc1cccc(I)c1)c1ccc(F)c(Cl)c1. The highest BCUT2D eigenvalue weighted by Gasteiger charge is 2.08. The zero-order chi connectivity index (χ0) is 13.1. The molecule has 0 spiro atoms. The van der Waals surface area contributed by atoms with Crippen molar-refractivity contribution in [1.29, 1.82) is 0 Å². The molecule has 18 heavy (non-hydrogen) atoms. The highest BCUT2D eigenvalue weighted by Crippen LogP contribution is 2.24. The topological polar surface area (TPSA) is 12.0 Å². The Hall–Kier alpha value is -0.810. The normalized spacial score (nSPS) is 12.2.